The summed E-state index contributed by atoms with van der Waals surface area (Å²) >= 11 is 13.1. The Labute approximate surface area is 188 Å². The van der Waals surface area contributed by atoms with Gasteiger partial charge in [-0.1, -0.05) is 67.1 Å². The van der Waals surface area contributed by atoms with E-state index in [1.807, 2.05) is 41.0 Å². The molecule has 0 saturated heterocycles. The topological polar surface area (TPSA) is 44.1 Å². The Kier molecular flexibility index (Phi) is 5.83. The summed E-state index contributed by atoms with van der Waals surface area (Å²) in [5.41, 5.74) is 4.05. The molecule has 0 radical (unpaired) electrons. The highest BCUT2D eigenvalue weighted by Gasteiger charge is 2.44. The highest BCUT2D eigenvalue weighted by Crippen LogP contribution is 2.46. The van der Waals surface area contributed by atoms with Gasteiger partial charge < -0.3 is 14.1 Å². The molecule has 2 heterocycles. The van der Waals surface area contributed by atoms with Gasteiger partial charge in [-0.05, 0) is 30.5 Å². The van der Waals surface area contributed by atoms with E-state index in [1.165, 1.54) is 0 Å². The molecule has 0 atom stereocenters. The van der Waals surface area contributed by atoms with Crippen LogP contribution in [0.3, 0.4) is 0 Å². The lowest BCUT2D eigenvalue weighted by molar-refractivity contribution is -0.109. The number of aromatic nitrogens is 2. The molecule has 3 aromatic rings. The van der Waals surface area contributed by atoms with Crippen LogP contribution in [0.4, 0.5) is 0 Å². The van der Waals surface area contributed by atoms with E-state index < -0.39 is 8.07 Å². The van der Waals surface area contributed by atoms with Crippen molar-refractivity contribution in [1.82, 2.24) is 9.55 Å². The molecular formula is C23H26Cl2N2O2Si. The molecule has 4 nitrogen and oxygen atoms in total. The summed E-state index contributed by atoms with van der Waals surface area (Å²) in [5, 5.41) is 1.14. The molecule has 0 unspecified atom stereocenters. The number of ether oxygens (including phenoxy) is 1. The predicted molar refractivity (Wildman–Crippen MR) is 126 cm³/mol. The van der Waals surface area contributed by atoms with Crippen molar-refractivity contribution in [2.75, 3.05) is 6.61 Å². The third-order valence-corrected chi connectivity index (χ3v) is 8.06. The van der Waals surface area contributed by atoms with Crippen LogP contribution in [0.25, 0.3) is 22.3 Å². The number of carbonyl (C=O) groups excluding carboxylic acids is 1. The zero-order chi connectivity index (χ0) is 21.5. The first-order valence-corrected chi connectivity index (χ1v) is 14.7. The number of carbonyl (C=O) groups is 1. The molecule has 0 amide bonds. The maximum absolute atomic E-state index is 11.4. The van der Waals surface area contributed by atoms with Crippen LogP contribution in [-0.4, -0.2) is 30.5 Å². The molecule has 1 aliphatic carbocycles. The fourth-order valence-electron chi connectivity index (χ4n) is 3.56. The van der Waals surface area contributed by atoms with Crippen molar-refractivity contribution in [2.24, 2.45) is 0 Å². The average Bonchev–Trinajstić information content (AvgIpc) is 3.44. The molecule has 1 saturated carbocycles. The number of aldehydes is 1. The Morgan fingerprint density at radius 1 is 1.17 bits per heavy atom. The lowest BCUT2D eigenvalue weighted by Crippen LogP contribution is -2.22. The van der Waals surface area contributed by atoms with E-state index in [0.717, 1.165) is 53.9 Å². The molecule has 4 rings (SSSR count). The third-order valence-electron chi connectivity index (χ3n) is 5.75. The fraction of sp³-hybridized carbons (Fsp3) is 0.391. The first-order chi connectivity index (χ1) is 14.2. The Morgan fingerprint density at radius 3 is 2.47 bits per heavy atom. The molecule has 1 aliphatic rings. The van der Waals surface area contributed by atoms with Gasteiger partial charge in [-0.3, -0.25) is 0 Å². The second-order valence-corrected chi connectivity index (χ2v) is 15.7. The minimum atomic E-state index is -1.14. The van der Waals surface area contributed by atoms with Crippen molar-refractivity contribution in [1.29, 1.82) is 0 Å². The Hall–Kier alpha value is -1.66. The summed E-state index contributed by atoms with van der Waals surface area (Å²) in [6.45, 7) is 8.09. The highest BCUT2D eigenvalue weighted by atomic mass is 35.5. The van der Waals surface area contributed by atoms with Crippen LogP contribution in [0.5, 0.6) is 0 Å². The number of nitrogens with zero attached hydrogens (tertiary/aromatic N) is 2. The molecule has 1 fully saturated rings. The maximum atomic E-state index is 11.4. The minimum absolute atomic E-state index is 0.278. The first-order valence-electron chi connectivity index (χ1n) is 10.2. The minimum Gasteiger partial charge on any atom is -0.361 e. The van der Waals surface area contributed by atoms with E-state index in [-0.39, 0.29) is 5.41 Å². The van der Waals surface area contributed by atoms with E-state index in [2.05, 4.69) is 19.6 Å². The number of rotatable bonds is 8. The number of benzene rings is 1. The van der Waals surface area contributed by atoms with E-state index in [9.17, 15) is 4.79 Å². The SMILES string of the molecule is C[Si](C)(C)CCOCn1c(Cl)cc2nc(-c3ccc(C4(C=O)CC4)cc3)c(Cl)cc21. The van der Waals surface area contributed by atoms with Crippen LogP contribution in [0.1, 0.15) is 18.4 Å². The van der Waals surface area contributed by atoms with Gasteiger partial charge in [0.05, 0.1) is 27.2 Å². The van der Waals surface area contributed by atoms with Crippen molar-refractivity contribution >= 4 is 48.6 Å². The summed E-state index contributed by atoms with van der Waals surface area (Å²) < 4.78 is 7.77. The number of pyridine rings is 1. The quantitative estimate of drug-likeness (QED) is 0.217. The van der Waals surface area contributed by atoms with E-state index in [4.69, 9.17) is 32.9 Å². The predicted octanol–water partition coefficient (Wildman–Crippen LogP) is 6.55. The van der Waals surface area contributed by atoms with Crippen LogP contribution < -0.4 is 0 Å². The van der Waals surface area contributed by atoms with Gasteiger partial charge in [0.15, 0.2) is 0 Å². The molecule has 0 N–H and O–H groups in total. The molecule has 2 aromatic heterocycles. The number of hydrogen-bond acceptors (Lipinski definition) is 3. The summed E-state index contributed by atoms with van der Waals surface area (Å²) in [4.78, 5) is 16.1. The Morgan fingerprint density at radius 2 is 1.87 bits per heavy atom. The van der Waals surface area contributed by atoms with Gasteiger partial charge in [-0.25, -0.2) is 4.98 Å². The van der Waals surface area contributed by atoms with Gasteiger partial charge in [0.1, 0.15) is 18.2 Å². The van der Waals surface area contributed by atoms with Gasteiger partial charge in [-0.2, -0.15) is 0 Å². The molecule has 7 heteroatoms. The third kappa shape index (κ3) is 4.35. The highest BCUT2D eigenvalue weighted by molar-refractivity contribution is 6.76. The van der Waals surface area contributed by atoms with Gasteiger partial charge in [0.2, 0.25) is 0 Å². The monoisotopic (exact) mass is 460 g/mol. The van der Waals surface area contributed by atoms with E-state index in [0.29, 0.717) is 22.6 Å². The molecule has 1 aromatic carbocycles. The number of halogens is 2. The lowest BCUT2D eigenvalue weighted by atomic mass is 9.96. The van der Waals surface area contributed by atoms with Crippen LogP contribution in [0, 0.1) is 0 Å². The van der Waals surface area contributed by atoms with Crippen molar-refractivity contribution in [3.8, 4) is 11.3 Å². The number of fused-ring (bicyclic) bond motifs is 1. The molecule has 0 spiro atoms. The normalized spacial score (nSPS) is 15.5. The Balaban J connectivity index is 1.58. The fourth-order valence-corrected chi connectivity index (χ4v) is 4.81. The summed E-state index contributed by atoms with van der Waals surface area (Å²) in [6.07, 6.45) is 2.91. The standard InChI is InChI=1S/C23H26Cl2N2O2Si/c1-30(2,3)11-10-29-15-27-20-12-18(24)22(26-19(20)13-21(27)25)16-4-6-17(7-5-16)23(14-28)8-9-23/h4-7,12-14H,8-11,15H2,1-3H3. The summed E-state index contributed by atoms with van der Waals surface area (Å²) in [6, 6.07) is 12.8. The second kappa shape index (κ2) is 8.12. The summed E-state index contributed by atoms with van der Waals surface area (Å²) in [5.74, 6) is 0. The summed E-state index contributed by atoms with van der Waals surface area (Å²) in [7, 11) is -1.14. The molecule has 0 bridgehead atoms. The smallest absolute Gasteiger partial charge is 0.130 e. The molecule has 0 aliphatic heterocycles. The van der Waals surface area contributed by atoms with Gasteiger partial charge in [0, 0.05) is 26.3 Å². The number of hydrogen-bond donors (Lipinski definition) is 0. The van der Waals surface area contributed by atoms with Crippen LogP contribution in [0.2, 0.25) is 35.9 Å². The van der Waals surface area contributed by atoms with Gasteiger partial charge >= 0.3 is 0 Å². The zero-order valence-corrected chi connectivity index (χ0v) is 20.1. The molecular weight excluding hydrogens is 435 g/mol. The van der Waals surface area contributed by atoms with E-state index in [1.54, 1.807) is 0 Å². The van der Waals surface area contributed by atoms with Crippen LogP contribution >= 0.6 is 23.2 Å². The van der Waals surface area contributed by atoms with E-state index >= 15 is 0 Å². The average molecular weight is 461 g/mol. The second-order valence-electron chi connectivity index (χ2n) is 9.32. The van der Waals surface area contributed by atoms with Crippen molar-refractivity contribution in [3.05, 3.63) is 52.1 Å². The molecule has 158 valence electrons. The van der Waals surface area contributed by atoms with Crippen LogP contribution in [0.15, 0.2) is 36.4 Å². The van der Waals surface area contributed by atoms with Crippen molar-refractivity contribution < 1.29 is 9.53 Å². The Bertz CT molecular complexity index is 1080. The maximum Gasteiger partial charge on any atom is 0.130 e. The van der Waals surface area contributed by atoms with Crippen molar-refractivity contribution in [3.63, 3.8) is 0 Å². The first kappa shape index (κ1) is 21.6. The zero-order valence-electron chi connectivity index (χ0n) is 17.5. The van der Waals surface area contributed by atoms with Gasteiger partial charge in [0.25, 0.3) is 0 Å². The largest absolute Gasteiger partial charge is 0.361 e. The van der Waals surface area contributed by atoms with Crippen LogP contribution in [-0.2, 0) is 21.7 Å². The lowest BCUT2D eigenvalue weighted by Gasteiger charge is -2.16. The van der Waals surface area contributed by atoms with Crippen molar-refractivity contribution in [2.45, 2.75) is 50.7 Å². The van der Waals surface area contributed by atoms with Gasteiger partial charge in [-0.15, -0.1) is 0 Å². The molecule has 30 heavy (non-hydrogen) atoms.